The Balaban J connectivity index is 1.44. The van der Waals surface area contributed by atoms with Crippen LogP contribution in [0, 0.1) is 11.8 Å². The molecule has 0 aliphatic carbocycles. The Morgan fingerprint density at radius 3 is 2.29 bits per heavy atom. The number of ether oxygens (including phenoxy) is 2. The summed E-state index contributed by atoms with van der Waals surface area (Å²) in [7, 11) is -3.53. The molecule has 0 bridgehead atoms. The number of amides is 1. The summed E-state index contributed by atoms with van der Waals surface area (Å²) >= 11 is 0. The lowest BCUT2D eigenvalue weighted by molar-refractivity contribution is -0.153. The smallest absolute Gasteiger partial charge is 0.306 e. The van der Waals surface area contributed by atoms with Gasteiger partial charge in [-0.15, -0.1) is 0 Å². The summed E-state index contributed by atoms with van der Waals surface area (Å²) < 4.78 is 37.1. The summed E-state index contributed by atoms with van der Waals surface area (Å²) in [5.74, 6) is 0.331. The van der Waals surface area contributed by atoms with E-state index in [2.05, 4.69) is 13.8 Å². The third-order valence-corrected chi connectivity index (χ3v) is 7.64. The number of rotatable bonds is 7. The number of hydrogen-bond donors (Lipinski definition) is 0. The molecule has 1 aromatic carbocycles. The minimum absolute atomic E-state index is 0.135. The quantitative estimate of drug-likeness (QED) is 0.585. The highest BCUT2D eigenvalue weighted by atomic mass is 32.2. The zero-order chi connectivity index (χ0) is 22.4. The zero-order valence-electron chi connectivity index (χ0n) is 18.3. The van der Waals surface area contributed by atoms with Crippen LogP contribution in [0.3, 0.4) is 0 Å². The highest BCUT2D eigenvalue weighted by molar-refractivity contribution is 7.89. The molecule has 0 aromatic heterocycles. The molecule has 2 fully saturated rings. The highest BCUT2D eigenvalue weighted by Gasteiger charge is 2.27. The van der Waals surface area contributed by atoms with Gasteiger partial charge in [0, 0.05) is 32.6 Å². The summed E-state index contributed by atoms with van der Waals surface area (Å²) in [6.45, 7) is 6.94. The average Bonchev–Trinajstić information content (AvgIpc) is 2.76. The Labute approximate surface area is 184 Å². The van der Waals surface area contributed by atoms with Crippen LogP contribution in [0.25, 0.3) is 0 Å². The van der Waals surface area contributed by atoms with Crippen LogP contribution < -0.4 is 0 Å². The molecule has 0 spiro atoms. The van der Waals surface area contributed by atoms with Crippen molar-refractivity contribution in [2.45, 2.75) is 38.0 Å². The fraction of sp³-hybridized carbons (Fsp3) is 0.636. The molecule has 0 N–H and O–H groups in total. The normalized spacial score (nSPS) is 22.8. The van der Waals surface area contributed by atoms with Crippen molar-refractivity contribution < 1.29 is 27.5 Å². The van der Waals surface area contributed by atoms with Crippen LogP contribution >= 0.6 is 0 Å². The van der Waals surface area contributed by atoms with Crippen molar-refractivity contribution in [3.05, 3.63) is 29.8 Å². The van der Waals surface area contributed by atoms with E-state index in [1.807, 2.05) is 0 Å². The number of carbonyl (C=O) groups excluding carboxylic acids is 2. The van der Waals surface area contributed by atoms with Gasteiger partial charge in [-0.25, -0.2) is 8.42 Å². The van der Waals surface area contributed by atoms with E-state index in [0.717, 1.165) is 12.0 Å². The summed E-state index contributed by atoms with van der Waals surface area (Å²) in [5.41, 5.74) is 0.836. The SMILES string of the molecule is C[C@@H]1C[C@@H](C)CN(C(=O)COC(=O)CCc2ccc(S(=O)(=O)N3CCOCC3)cc2)C1. The Morgan fingerprint density at radius 2 is 1.68 bits per heavy atom. The predicted molar refractivity (Wildman–Crippen MR) is 115 cm³/mol. The second kappa shape index (κ2) is 10.6. The molecule has 2 aliphatic heterocycles. The Morgan fingerprint density at radius 1 is 1.06 bits per heavy atom. The van der Waals surface area contributed by atoms with Crippen molar-refractivity contribution in [1.82, 2.24) is 9.21 Å². The Hall–Kier alpha value is -1.97. The summed E-state index contributed by atoms with van der Waals surface area (Å²) in [4.78, 5) is 26.4. The highest BCUT2D eigenvalue weighted by Crippen LogP contribution is 2.21. The van der Waals surface area contributed by atoms with Gasteiger partial charge in [-0.3, -0.25) is 9.59 Å². The van der Waals surface area contributed by atoms with Crippen molar-refractivity contribution in [2.24, 2.45) is 11.8 Å². The number of aryl methyl sites for hydroxylation is 1. The van der Waals surface area contributed by atoms with Crippen LogP contribution in [0.2, 0.25) is 0 Å². The lowest BCUT2D eigenvalue weighted by atomic mass is 9.92. The molecule has 1 amide bonds. The third-order valence-electron chi connectivity index (χ3n) is 5.73. The molecule has 2 aliphatic rings. The maximum atomic E-state index is 12.6. The number of morpholine rings is 1. The maximum absolute atomic E-state index is 12.6. The summed E-state index contributed by atoms with van der Waals surface area (Å²) in [6.07, 6.45) is 1.66. The minimum Gasteiger partial charge on any atom is -0.456 e. The Bertz CT molecular complexity index is 854. The standard InChI is InChI=1S/C22H32N2O6S/c1-17-13-18(2)15-23(14-17)21(25)16-30-22(26)8-5-19-3-6-20(7-4-19)31(27,28)24-9-11-29-12-10-24/h3-4,6-7,17-18H,5,8-16H2,1-2H3/t17-,18-/m1/s1. The molecular formula is C22H32N2O6S. The van der Waals surface area contributed by atoms with E-state index in [1.54, 1.807) is 29.2 Å². The number of piperidine rings is 1. The van der Waals surface area contributed by atoms with Gasteiger partial charge in [-0.1, -0.05) is 26.0 Å². The first-order valence-electron chi connectivity index (χ1n) is 10.9. The number of nitrogens with zero attached hydrogens (tertiary/aromatic N) is 2. The van der Waals surface area contributed by atoms with Gasteiger partial charge in [-0.2, -0.15) is 4.31 Å². The van der Waals surface area contributed by atoms with E-state index in [4.69, 9.17) is 9.47 Å². The number of likely N-dealkylation sites (tertiary alicyclic amines) is 1. The molecule has 2 heterocycles. The summed E-state index contributed by atoms with van der Waals surface area (Å²) in [6, 6.07) is 6.55. The molecule has 172 valence electrons. The lowest BCUT2D eigenvalue weighted by Gasteiger charge is -2.34. The van der Waals surface area contributed by atoms with Crippen LogP contribution in [0.1, 0.15) is 32.3 Å². The van der Waals surface area contributed by atoms with E-state index in [0.29, 0.717) is 57.6 Å². The fourth-order valence-corrected chi connectivity index (χ4v) is 5.59. The van der Waals surface area contributed by atoms with Crippen LogP contribution in [0.4, 0.5) is 0 Å². The van der Waals surface area contributed by atoms with Gasteiger partial charge in [0.15, 0.2) is 6.61 Å². The molecule has 31 heavy (non-hydrogen) atoms. The van der Waals surface area contributed by atoms with Gasteiger partial charge < -0.3 is 14.4 Å². The monoisotopic (exact) mass is 452 g/mol. The molecule has 8 nitrogen and oxygen atoms in total. The molecule has 0 saturated carbocycles. The number of hydrogen-bond acceptors (Lipinski definition) is 6. The van der Waals surface area contributed by atoms with Crippen molar-refractivity contribution in [2.75, 3.05) is 46.0 Å². The first-order valence-corrected chi connectivity index (χ1v) is 12.3. The van der Waals surface area contributed by atoms with Crippen molar-refractivity contribution >= 4 is 21.9 Å². The van der Waals surface area contributed by atoms with E-state index in [-0.39, 0.29) is 23.8 Å². The third kappa shape index (κ3) is 6.51. The van der Waals surface area contributed by atoms with Crippen molar-refractivity contribution in [3.63, 3.8) is 0 Å². The molecule has 0 radical (unpaired) electrons. The summed E-state index contributed by atoms with van der Waals surface area (Å²) in [5, 5.41) is 0. The van der Waals surface area contributed by atoms with Crippen LogP contribution in [0.5, 0.6) is 0 Å². The second-order valence-corrected chi connectivity index (χ2v) is 10.5. The molecule has 9 heteroatoms. The van der Waals surface area contributed by atoms with E-state index in [9.17, 15) is 18.0 Å². The van der Waals surface area contributed by atoms with Crippen molar-refractivity contribution in [1.29, 1.82) is 0 Å². The largest absolute Gasteiger partial charge is 0.456 e. The molecule has 2 saturated heterocycles. The average molecular weight is 453 g/mol. The lowest BCUT2D eigenvalue weighted by Crippen LogP contribution is -2.44. The van der Waals surface area contributed by atoms with Crippen molar-refractivity contribution in [3.8, 4) is 0 Å². The number of carbonyl (C=O) groups is 2. The van der Waals surface area contributed by atoms with E-state index >= 15 is 0 Å². The van der Waals surface area contributed by atoms with E-state index in [1.165, 1.54) is 4.31 Å². The first kappa shape index (κ1) is 23.7. The van der Waals surface area contributed by atoms with Crippen LogP contribution in [-0.4, -0.2) is 75.5 Å². The topological polar surface area (TPSA) is 93.2 Å². The zero-order valence-corrected chi connectivity index (χ0v) is 19.1. The first-order chi connectivity index (χ1) is 14.8. The predicted octanol–water partition coefficient (Wildman–Crippen LogP) is 1.69. The minimum atomic E-state index is -3.53. The molecular weight excluding hydrogens is 420 g/mol. The van der Waals surface area contributed by atoms with Crippen LogP contribution in [-0.2, 0) is 35.5 Å². The molecule has 3 rings (SSSR count). The molecule has 0 unspecified atom stereocenters. The van der Waals surface area contributed by atoms with Gasteiger partial charge >= 0.3 is 5.97 Å². The van der Waals surface area contributed by atoms with Crippen LogP contribution in [0.15, 0.2) is 29.2 Å². The number of benzene rings is 1. The van der Waals surface area contributed by atoms with Gasteiger partial charge in [-0.05, 0) is 42.4 Å². The van der Waals surface area contributed by atoms with Gasteiger partial charge in [0.05, 0.1) is 18.1 Å². The number of sulfonamides is 1. The van der Waals surface area contributed by atoms with Gasteiger partial charge in [0.25, 0.3) is 5.91 Å². The van der Waals surface area contributed by atoms with Gasteiger partial charge in [0.2, 0.25) is 10.0 Å². The number of esters is 1. The van der Waals surface area contributed by atoms with E-state index < -0.39 is 16.0 Å². The Kier molecular flexibility index (Phi) is 8.07. The fourth-order valence-electron chi connectivity index (χ4n) is 4.18. The van der Waals surface area contributed by atoms with Gasteiger partial charge in [0.1, 0.15) is 0 Å². The molecule has 1 aromatic rings. The second-order valence-electron chi connectivity index (χ2n) is 8.57. The molecule has 2 atom stereocenters. The maximum Gasteiger partial charge on any atom is 0.306 e.